The average molecular weight is 354 g/mol. The molecule has 1 atom stereocenters. The lowest BCUT2D eigenvalue weighted by Crippen LogP contribution is -2.31. The molecule has 0 aliphatic carbocycles. The van der Waals surface area contributed by atoms with Gasteiger partial charge in [0.2, 0.25) is 0 Å². The Labute approximate surface area is 150 Å². The topological polar surface area (TPSA) is 59.2 Å². The Balaban J connectivity index is 1.65. The number of hydrogen-bond donors (Lipinski definition) is 0. The molecule has 1 unspecified atom stereocenters. The number of carbonyl (C=O) groups excluding carboxylic acids is 1. The summed E-state index contributed by atoms with van der Waals surface area (Å²) in [7, 11) is 0. The summed E-state index contributed by atoms with van der Waals surface area (Å²) in [5, 5.41) is 4.47. The minimum absolute atomic E-state index is 0.0123. The Bertz CT molecular complexity index is 877. The Hall–Kier alpha value is -2.66. The number of aromatic nitrogens is 2. The van der Waals surface area contributed by atoms with Crippen LogP contribution in [0.25, 0.3) is 11.3 Å². The maximum atomic E-state index is 13.1. The third kappa shape index (κ3) is 3.03. The standard InChI is InChI=1S/C19H16ClN3O2/c20-14-8-6-13(7-9-14)18-15(12-22-25-18)19(24)23-11-3-5-17(23)16-4-1-2-10-21-16/h1-2,4,6-10,12,17H,3,5,11H2. The van der Waals surface area contributed by atoms with E-state index in [-0.39, 0.29) is 11.9 Å². The zero-order valence-corrected chi connectivity index (χ0v) is 14.2. The van der Waals surface area contributed by atoms with Gasteiger partial charge >= 0.3 is 0 Å². The molecule has 4 rings (SSSR count). The van der Waals surface area contributed by atoms with Crippen molar-refractivity contribution in [1.82, 2.24) is 15.0 Å². The zero-order valence-electron chi connectivity index (χ0n) is 13.4. The van der Waals surface area contributed by atoms with Crippen LogP contribution in [0.2, 0.25) is 5.02 Å². The van der Waals surface area contributed by atoms with Crippen LogP contribution in [0, 0.1) is 0 Å². The fourth-order valence-corrected chi connectivity index (χ4v) is 3.37. The van der Waals surface area contributed by atoms with Crippen molar-refractivity contribution in [3.8, 4) is 11.3 Å². The highest BCUT2D eigenvalue weighted by atomic mass is 35.5. The normalized spacial score (nSPS) is 17.0. The number of rotatable bonds is 3. The summed E-state index contributed by atoms with van der Waals surface area (Å²) >= 11 is 5.94. The van der Waals surface area contributed by atoms with Crippen LogP contribution in [-0.2, 0) is 0 Å². The summed E-state index contributed by atoms with van der Waals surface area (Å²) < 4.78 is 5.36. The smallest absolute Gasteiger partial charge is 0.260 e. The van der Waals surface area contributed by atoms with E-state index in [2.05, 4.69) is 10.1 Å². The number of pyridine rings is 1. The van der Waals surface area contributed by atoms with E-state index in [0.29, 0.717) is 22.9 Å². The van der Waals surface area contributed by atoms with Gasteiger partial charge in [0.25, 0.3) is 5.91 Å². The van der Waals surface area contributed by atoms with E-state index < -0.39 is 0 Å². The Morgan fingerprint density at radius 1 is 1.20 bits per heavy atom. The molecule has 0 saturated carbocycles. The summed E-state index contributed by atoms with van der Waals surface area (Å²) in [6.07, 6.45) is 5.10. The number of nitrogens with zero attached hydrogens (tertiary/aromatic N) is 3. The highest BCUT2D eigenvalue weighted by Crippen LogP contribution is 2.34. The molecule has 1 aromatic carbocycles. The third-order valence-corrected chi connectivity index (χ3v) is 4.70. The number of halogens is 1. The van der Waals surface area contributed by atoms with Gasteiger partial charge in [0.1, 0.15) is 5.56 Å². The van der Waals surface area contributed by atoms with Gasteiger partial charge in [-0.2, -0.15) is 0 Å². The lowest BCUT2D eigenvalue weighted by Gasteiger charge is -2.24. The summed E-state index contributed by atoms with van der Waals surface area (Å²) in [4.78, 5) is 19.4. The second-order valence-electron chi connectivity index (χ2n) is 5.99. The molecule has 1 fully saturated rings. The first-order valence-electron chi connectivity index (χ1n) is 8.16. The summed E-state index contributed by atoms with van der Waals surface area (Å²) in [5.41, 5.74) is 2.15. The van der Waals surface area contributed by atoms with Gasteiger partial charge in [0.15, 0.2) is 5.76 Å². The summed E-state index contributed by atoms with van der Waals surface area (Å²) in [6.45, 7) is 0.700. The van der Waals surface area contributed by atoms with Crippen molar-refractivity contribution < 1.29 is 9.32 Å². The first kappa shape index (κ1) is 15.8. The number of carbonyl (C=O) groups is 1. The van der Waals surface area contributed by atoms with Gasteiger partial charge in [-0.05, 0) is 49.2 Å². The van der Waals surface area contributed by atoms with Crippen molar-refractivity contribution in [2.24, 2.45) is 0 Å². The maximum Gasteiger partial charge on any atom is 0.260 e. The molecule has 0 spiro atoms. The van der Waals surface area contributed by atoms with Crippen LogP contribution in [0.3, 0.4) is 0 Å². The molecule has 25 heavy (non-hydrogen) atoms. The van der Waals surface area contributed by atoms with E-state index in [9.17, 15) is 4.79 Å². The first-order chi connectivity index (χ1) is 12.2. The van der Waals surface area contributed by atoms with Gasteiger partial charge in [-0.25, -0.2) is 0 Å². The van der Waals surface area contributed by atoms with Gasteiger partial charge in [-0.3, -0.25) is 9.78 Å². The van der Waals surface area contributed by atoms with E-state index >= 15 is 0 Å². The van der Waals surface area contributed by atoms with Gasteiger partial charge in [-0.15, -0.1) is 0 Å². The van der Waals surface area contributed by atoms with E-state index in [1.165, 1.54) is 6.20 Å². The molecule has 3 heterocycles. The minimum atomic E-state index is -0.0839. The molecule has 0 radical (unpaired) electrons. The van der Waals surface area contributed by atoms with Crippen LogP contribution in [0.4, 0.5) is 0 Å². The third-order valence-electron chi connectivity index (χ3n) is 4.45. The van der Waals surface area contributed by atoms with E-state index in [0.717, 1.165) is 24.1 Å². The van der Waals surface area contributed by atoms with Gasteiger partial charge in [0, 0.05) is 23.3 Å². The molecule has 126 valence electrons. The molecular weight excluding hydrogens is 338 g/mol. The van der Waals surface area contributed by atoms with Crippen molar-refractivity contribution in [2.45, 2.75) is 18.9 Å². The molecule has 3 aromatic rings. The molecule has 6 heteroatoms. The monoisotopic (exact) mass is 353 g/mol. The van der Waals surface area contributed by atoms with Crippen molar-refractivity contribution in [2.75, 3.05) is 6.54 Å². The minimum Gasteiger partial charge on any atom is -0.355 e. The second-order valence-corrected chi connectivity index (χ2v) is 6.42. The summed E-state index contributed by atoms with van der Waals surface area (Å²) in [5.74, 6) is 0.382. The molecule has 5 nitrogen and oxygen atoms in total. The van der Waals surface area contributed by atoms with Crippen LogP contribution in [-0.4, -0.2) is 27.5 Å². The van der Waals surface area contributed by atoms with Crippen molar-refractivity contribution in [3.63, 3.8) is 0 Å². The highest BCUT2D eigenvalue weighted by molar-refractivity contribution is 6.30. The molecule has 0 bridgehead atoms. The van der Waals surface area contributed by atoms with Crippen LogP contribution in [0.1, 0.15) is 34.9 Å². The molecule has 1 aliphatic heterocycles. The highest BCUT2D eigenvalue weighted by Gasteiger charge is 2.33. The second kappa shape index (κ2) is 6.69. The predicted octanol–water partition coefficient (Wildman–Crippen LogP) is 4.37. The van der Waals surface area contributed by atoms with Crippen LogP contribution in [0.15, 0.2) is 59.4 Å². The van der Waals surface area contributed by atoms with Crippen molar-refractivity contribution in [1.29, 1.82) is 0 Å². The predicted molar refractivity (Wildman–Crippen MR) is 94.2 cm³/mol. The Kier molecular flexibility index (Phi) is 4.24. The Morgan fingerprint density at radius 2 is 2.04 bits per heavy atom. The molecule has 1 saturated heterocycles. The molecule has 1 aliphatic rings. The van der Waals surface area contributed by atoms with Crippen molar-refractivity contribution in [3.05, 3.63) is 71.1 Å². The van der Waals surface area contributed by atoms with E-state index in [1.807, 2.05) is 35.2 Å². The fraction of sp³-hybridized carbons (Fsp3) is 0.211. The van der Waals surface area contributed by atoms with Crippen LogP contribution < -0.4 is 0 Å². The van der Waals surface area contributed by atoms with Crippen molar-refractivity contribution >= 4 is 17.5 Å². The van der Waals surface area contributed by atoms with Crippen LogP contribution in [0.5, 0.6) is 0 Å². The Morgan fingerprint density at radius 3 is 2.80 bits per heavy atom. The summed E-state index contributed by atoms with van der Waals surface area (Å²) in [6, 6.07) is 12.9. The fourth-order valence-electron chi connectivity index (χ4n) is 3.25. The number of likely N-dealkylation sites (tertiary alicyclic amines) is 1. The number of hydrogen-bond acceptors (Lipinski definition) is 4. The largest absolute Gasteiger partial charge is 0.355 e. The average Bonchev–Trinajstić information content (AvgIpc) is 3.32. The molecular formula is C19H16ClN3O2. The molecule has 2 aromatic heterocycles. The quantitative estimate of drug-likeness (QED) is 0.701. The lowest BCUT2D eigenvalue weighted by atomic mass is 10.1. The first-order valence-corrected chi connectivity index (χ1v) is 8.54. The zero-order chi connectivity index (χ0) is 17.2. The van der Waals surface area contributed by atoms with Gasteiger partial charge in [0.05, 0.1) is 17.9 Å². The van der Waals surface area contributed by atoms with E-state index in [4.69, 9.17) is 16.1 Å². The maximum absolute atomic E-state index is 13.1. The van der Waals surface area contributed by atoms with E-state index in [1.54, 1.807) is 18.3 Å². The SMILES string of the molecule is O=C(c1cnoc1-c1ccc(Cl)cc1)N1CCCC1c1ccccn1. The molecule has 0 N–H and O–H groups in total. The molecule has 1 amide bonds. The number of benzene rings is 1. The van der Waals surface area contributed by atoms with Gasteiger partial charge < -0.3 is 9.42 Å². The lowest BCUT2D eigenvalue weighted by molar-refractivity contribution is 0.0733. The van der Waals surface area contributed by atoms with Gasteiger partial charge in [-0.1, -0.05) is 22.8 Å². The van der Waals surface area contributed by atoms with Crippen LogP contribution >= 0.6 is 11.6 Å². The number of amides is 1.